The molecule has 76 valence electrons. The highest BCUT2D eigenvalue weighted by atomic mass is 35.5. The van der Waals surface area contributed by atoms with Crippen molar-refractivity contribution < 1.29 is 9.53 Å². The first-order chi connectivity index (χ1) is 6.61. The van der Waals surface area contributed by atoms with Gasteiger partial charge in [0.1, 0.15) is 0 Å². The third-order valence-electron chi connectivity index (χ3n) is 1.65. The van der Waals surface area contributed by atoms with Gasteiger partial charge in [-0.15, -0.1) is 0 Å². The number of hydrogen-bond donors (Lipinski definition) is 1. The second-order valence-corrected chi connectivity index (χ2v) is 3.42. The summed E-state index contributed by atoms with van der Waals surface area (Å²) >= 11 is 11.7. The van der Waals surface area contributed by atoms with Gasteiger partial charge < -0.3 is 10.5 Å². The lowest BCUT2D eigenvalue weighted by atomic mass is 10.2. The molecule has 5 heteroatoms. The minimum atomic E-state index is -0.789. The summed E-state index contributed by atoms with van der Waals surface area (Å²) in [5.74, 6) is 0. The number of carbonyl (C=O) groups is 1. The number of rotatable bonds is 3. The molecule has 0 saturated heterocycles. The van der Waals surface area contributed by atoms with Crippen molar-refractivity contribution in [3.05, 3.63) is 33.8 Å². The zero-order chi connectivity index (χ0) is 10.6. The van der Waals surface area contributed by atoms with Crippen LogP contribution in [-0.2, 0) is 11.2 Å². The van der Waals surface area contributed by atoms with Crippen LogP contribution in [0.2, 0.25) is 10.0 Å². The van der Waals surface area contributed by atoms with E-state index in [4.69, 9.17) is 28.9 Å². The lowest BCUT2D eigenvalue weighted by Crippen LogP contribution is -2.14. The summed E-state index contributed by atoms with van der Waals surface area (Å²) in [5.41, 5.74) is 5.64. The maximum Gasteiger partial charge on any atom is 0.404 e. The molecule has 0 aliphatic rings. The first kappa shape index (κ1) is 11.1. The van der Waals surface area contributed by atoms with Crippen molar-refractivity contribution in [2.24, 2.45) is 5.73 Å². The maximum atomic E-state index is 10.3. The van der Waals surface area contributed by atoms with E-state index in [0.717, 1.165) is 5.56 Å². The molecule has 1 aromatic rings. The normalized spacial score (nSPS) is 9.86. The van der Waals surface area contributed by atoms with Gasteiger partial charge in [0.2, 0.25) is 0 Å². The molecule has 0 saturated carbocycles. The highest BCUT2D eigenvalue weighted by Gasteiger charge is 2.04. The lowest BCUT2D eigenvalue weighted by molar-refractivity contribution is 0.158. The van der Waals surface area contributed by atoms with Gasteiger partial charge in [0.25, 0.3) is 0 Å². The molecule has 3 nitrogen and oxygen atoms in total. The van der Waals surface area contributed by atoms with Crippen LogP contribution in [-0.4, -0.2) is 12.7 Å². The summed E-state index contributed by atoms with van der Waals surface area (Å²) in [6, 6.07) is 5.30. The molecule has 1 aromatic carbocycles. The second-order valence-electron chi connectivity index (χ2n) is 2.63. The van der Waals surface area contributed by atoms with E-state index in [1.807, 2.05) is 6.07 Å². The SMILES string of the molecule is NC(=O)OCCc1cccc(Cl)c1Cl. The Morgan fingerprint density at radius 1 is 1.43 bits per heavy atom. The largest absolute Gasteiger partial charge is 0.449 e. The van der Waals surface area contributed by atoms with Crippen LogP contribution in [0.1, 0.15) is 5.56 Å². The molecule has 1 rings (SSSR count). The van der Waals surface area contributed by atoms with Crippen LogP contribution in [0.25, 0.3) is 0 Å². The minimum Gasteiger partial charge on any atom is -0.449 e. The maximum absolute atomic E-state index is 10.3. The summed E-state index contributed by atoms with van der Waals surface area (Å²) in [4.78, 5) is 10.3. The molecule has 14 heavy (non-hydrogen) atoms. The fourth-order valence-corrected chi connectivity index (χ4v) is 1.42. The molecule has 1 amide bonds. The topological polar surface area (TPSA) is 52.3 Å². The average Bonchev–Trinajstić information content (AvgIpc) is 2.12. The molecule has 0 heterocycles. The quantitative estimate of drug-likeness (QED) is 0.873. The molecule has 0 aromatic heterocycles. The minimum absolute atomic E-state index is 0.204. The van der Waals surface area contributed by atoms with Gasteiger partial charge in [-0.3, -0.25) is 0 Å². The average molecular weight is 234 g/mol. The van der Waals surface area contributed by atoms with Gasteiger partial charge in [-0.1, -0.05) is 35.3 Å². The molecule has 0 aliphatic carbocycles. The van der Waals surface area contributed by atoms with Crippen LogP contribution >= 0.6 is 23.2 Å². The molecule has 0 unspecified atom stereocenters. The molecule has 0 bridgehead atoms. The highest BCUT2D eigenvalue weighted by Crippen LogP contribution is 2.25. The zero-order valence-electron chi connectivity index (χ0n) is 7.30. The standard InChI is InChI=1S/C9H9Cl2NO2/c10-7-3-1-2-6(8(7)11)4-5-14-9(12)13/h1-3H,4-5H2,(H2,12,13). The predicted octanol–water partition coefficient (Wildman–Crippen LogP) is 2.63. The van der Waals surface area contributed by atoms with Crippen molar-refractivity contribution >= 4 is 29.3 Å². The predicted molar refractivity (Wildman–Crippen MR) is 55.7 cm³/mol. The monoisotopic (exact) mass is 233 g/mol. The number of halogens is 2. The number of amides is 1. The van der Waals surface area contributed by atoms with Gasteiger partial charge in [-0.2, -0.15) is 0 Å². The van der Waals surface area contributed by atoms with Gasteiger partial charge in [0.05, 0.1) is 16.7 Å². The van der Waals surface area contributed by atoms with Crippen molar-refractivity contribution in [3.8, 4) is 0 Å². The van der Waals surface area contributed by atoms with E-state index in [1.54, 1.807) is 12.1 Å². The third-order valence-corrected chi connectivity index (χ3v) is 2.51. The van der Waals surface area contributed by atoms with E-state index < -0.39 is 6.09 Å². The fourth-order valence-electron chi connectivity index (χ4n) is 1.00. The molecule has 2 N–H and O–H groups in total. The number of nitrogens with two attached hydrogens (primary N) is 1. The van der Waals surface area contributed by atoms with E-state index in [1.165, 1.54) is 0 Å². The van der Waals surface area contributed by atoms with Crippen LogP contribution in [0, 0.1) is 0 Å². The van der Waals surface area contributed by atoms with Crippen LogP contribution in [0.3, 0.4) is 0 Å². The Labute approximate surface area is 91.7 Å². The lowest BCUT2D eigenvalue weighted by Gasteiger charge is -2.05. The number of hydrogen-bond acceptors (Lipinski definition) is 2. The number of carbonyl (C=O) groups excluding carboxylic acids is 1. The Bertz CT molecular complexity index is 342. The van der Waals surface area contributed by atoms with E-state index in [0.29, 0.717) is 16.5 Å². The summed E-state index contributed by atoms with van der Waals surface area (Å²) in [6.45, 7) is 0.204. The van der Waals surface area contributed by atoms with Crippen molar-refractivity contribution in [2.75, 3.05) is 6.61 Å². The Balaban J connectivity index is 2.59. The first-order valence-electron chi connectivity index (χ1n) is 3.96. The number of benzene rings is 1. The summed E-state index contributed by atoms with van der Waals surface area (Å²) < 4.78 is 4.58. The van der Waals surface area contributed by atoms with Gasteiger partial charge in [0.15, 0.2) is 0 Å². The molecular weight excluding hydrogens is 225 g/mol. The zero-order valence-corrected chi connectivity index (χ0v) is 8.81. The van der Waals surface area contributed by atoms with Crippen LogP contribution < -0.4 is 5.73 Å². The smallest absolute Gasteiger partial charge is 0.404 e. The van der Waals surface area contributed by atoms with Gasteiger partial charge >= 0.3 is 6.09 Å². The van der Waals surface area contributed by atoms with E-state index in [9.17, 15) is 4.79 Å². The van der Waals surface area contributed by atoms with Crippen molar-refractivity contribution in [2.45, 2.75) is 6.42 Å². The molecule has 0 atom stereocenters. The summed E-state index contributed by atoms with van der Waals surface area (Å²) in [6.07, 6.45) is -0.286. The van der Waals surface area contributed by atoms with Gasteiger partial charge in [-0.25, -0.2) is 4.79 Å². The van der Waals surface area contributed by atoms with Crippen LogP contribution in [0.4, 0.5) is 4.79 Å². The van der Waals surface area contributed by atoms with Gasteiger partial charge in [-0.05, 0) is 11.6 Å². The molecule has 0 radical (unpaired) electrons. The van der Waals surface area contributed by atoms with Crippen LogP contribution in [0.15, 0.2) is 18.2 Å². The Morgan fingerprint density at radius 2 is 2.14 bits per heavy atom. The second kappa shape index (κ2) is 5.08. The third kappa shape index (κ3) is 3.09. The first-order valence-corrected chi connectivity index (χ1v) is 4.72. The Hall–Kier alpha value is -0.930. The van der Waals surface area contributed by atoms with Crippen molar-refractivity contribution in [3.63, 3.8) is 0 Å². The summed E-state index contributed by atoms with van der Waals surface area (Å²) in [7, 11) is 0. The number of primary amides is 1. The van der Waals surface area contributed by atoms with Crippen molar-refractivity contribution in [1.29, 1.82) is 0 Å². The van der Waals surface area contributed by atoms with Crippen molar-refractivity contribution in [1.82, 2.24) is 0 Å². The number of ether oxygens (including phenoxy) is 1. The van der Waals surface area contributed by atoms with E-state index in [-0.39, 0.29) is 6.61 Å². The Kier molecular flexibility index (Phi) is 4.04. The highest BCUT2D eigenvalue weighted by molar-refractivity contribution is 6.42. The molecule has 0 fully saturated rings. The van der Waals surface area contributed by atoms with Crippen LogP contribution in [0.5, 0.6) is 0 Å². The van der Waals surface area contributed by atoms with Gasteiger partial charge in [0, 0.05) is 6.42 Å². The fraction of sp³-hybridized carbons (Fsp3) is 0.222. The van der Waals surface area contributed by atoms with E-state index in [2.05, 4.69) is 4.74 Å². The van der Waals surface area contributed by atoms with E-state index >= 15 is 0 Å². The Morgan fingerprint density at radius 3 is 2.79 bits per heavy atom. The molecular formula is C9H9Cl2NO2. The molecule has 0 spiro atoms. The summed E-state index contributed by atoms with van der Waals surface area (Å²) in [5, 5.41) is 0.977. The molecule has 0 aliphatic heterocycles.